The van der Waals surface area contributed by atoms with Gasteiger partial charge in [0, 0.05) is 27.9 Å². The summed E-state index contributed by atoms with van der Waals surface area (Å²) in [6.07, 6.45) is -4.39. The maximum absolute atomic E-state index is 12.7. The third-order valence-corrected chi connectivity index (χ3v) is 3.90. The molecule has 2 aromatic rings. The number of nitrogens with one attached hydrogen (secondary N) is 1. The number of anilines is 1. The largest absolute Gasteiger partial charge is 0.416 e. The molecule has 21 heavy (non-hydrogen) atoms. The molecule has 1 N–H and O–H groups in total. The standard InChI is InChI=1S/C15H13ClF3NS/c16-12-8-11(15(17,18)19)9-13(10-12)20-6-7-21-14-4-2-1-3-5-14/h1-5,8-10,20H,6-7H2. The molecule has 0 aliphatic rings. The third-order valence-electron chi connectivity index (χ3n) is 2.67. The van der Waals surface area contributed by atoms with Gasteiger partial charge in [0.15, 0.2) is 0 Å². The van der Waals surface area contributed by atoms with Crippen LogP contribution in [0, 0.1) is 0 Å². The summed E-state index contributed by atoms with van der Waals surface area (Å²) < 4.78 is 38.0. The van der Waals surface area contributed by atoms with Gasteiger partial charge in [0.2, 0.25) is 0 Å². The summed E-state index contributed by atoms with van der Waals surface area (Å²) in [6.45, 7) is 0.553. The molecule has 0 bridgehead atoms. The number of benzene rings is 2. The van der Waals surface area contributed by atoms with E-state index < -0.39 is 11.7 Å². The normalized spacial score (nSPS) is 11.4. The van der Waals surface area contributed by atoms with Crippen LogP contribution in [0.1, 0.15) is 5.56 Å². The summed E-state index contributed by atoms with van der Waals surface area (Å²) in [7, 11) is 0. The van der Waals surface area contributed by atoms with Gasteiger partial charge in [0.25, 0.3) is 0 Å². The van der Waals surface area contributed by atoms with E-state index in [-0.39, 0.29) is 5.02 Å². The summed E-state index contributed by atoms with van der Waals surface area (Å²) in [5.74, 6) is 0.748. The van der Waals surface area contributed by atoms with Crippen molar-refractivity contribution in [3.63, 3.8) is 0 Å². The van der Waals surface area contributed by atoms with Crippen molar-refractivity contribution < 1.29 is 13.2 Å². The lowest BCUT2D eigenvalue weighted by Crippen LogP contribution is -2.08. The molecule has 0 aliphatic carbocycles. The highest BCUT2D eigenvalue weighted by Gasteiger charge is 2.31. The fourth-order valence-corrected chi connectivity index (χ4v) is 2.76. The zero-order chi connectivity index (χ0) is 15.3. The highest BCUT2D eigenvalue weighted by molar-refractivity contribution is 7.99. The van der Waals surface area contributed by atoms with Crippen molar-refractivity contribution >= 4 is 29.1 Å². The Balaban J connectivity index is 1.90. The molecule has 1 nitrogen and oxygen atoms in total. The third kappa shape index (κ3) is 5.17. The Labute approximate surface area is 130 Å². The van der Waals surface area contributed by atoms with Crippen molar-refractivity contribution in [3.8, 4) is 0 Å². The quantitative estimate of drug-likeness (QED) is 0.568. The molecule has 2 rings (SSSR count). The maximum Gasteiger partial charge on any atom is 0.416 e. The van der Waals surface area contributed by atoms with Crippen LogP contribution in [0.25, 0.3) is 0 Å². The van der Waals surface area contributed by atoms with Gasteiger partial charge in [0.05, 0.1) is 5.56 Å². The van der Waals surface area contributed by atoms with E-state index >= 15 is 0 Å². The summed E-state index contributed by atoms with van der Waals surface area (Å²) in [5, 5.41) is 3.04. The summed E-state index contributed by atoms with van der Waals surface area (Å²) >= 11 is 7.36. The minimum absolute atomic E-state index is 0.0723. The summed E-state index contributed by atoms with van der Waals surface area (Å²) in [6, 6.07) is 13.3. The van der Waals surface area contributed by atoms with E-state index in [4.69, 9.17) is 11.6 Å². The van der Waals surface area contributed by atoms with Crippen LogP contribution in [0.5, 0.6) is 0 Å². The van der Waals surface area contributed by atoms with E-state index in [1.54, 1.807) is 11.8 Å². The van der Waals surface area contributed by atoms with Crippen LogP contribution < -0.4 is 5.32 Å². The van der Waals surface area contributed by atoms with Crippen molar-refractivity contribution in [2.45, 2.75) is 11.1 Å². The molecule has 0 unspecified atom stereocenters. The first-order chi connectivity index (χ1) is 9.95. The molecular formula is C15H13ClF3NS. The summed E-state index contributed by atoms with van der Waals surface area (Å²) in [5.41, 5.74) is -0.364. The molecule has 0 spiro atoms. The van der Waals surface area contributed by atoms with E-state index in [9.17, 15) is 13.2 Å². The fraction of sp³-hybridized carbons (Fsp3) is 0.200. The Kier molecular flexibility index (Phi) is 5.42. The first-order valence-electron chi connectivity index (χ1n) is 6.25. The van der Waals surface area contributed by atoms with Crippen molar-refractivity contribution in [2.75, 3.05) is 17.6 Å². The first kappa shape index (κ1) is 16.0. The molecule has 6 heteroatoms. The van der Waals surface area contributed by atoms with E-state index in [1.807, 2.05) is 30.3 Å². The van der Waals surface area contributed by atoms with E-state index in [1.165, 1.54) is 6.07 Å². The van der Waals surface area contributed by atoms with Crippen LogP contribution in [0.3, 0.4) is 0 Å². The van der Waals surface area contributed by atoms with Crippen LogP contribution in [0.2, 0.25) is 5.02 Å². The molecule has 0 heterocycles. The zero-order valence-electron chi connectivity index (χ0n) is 11.0. The van der Waals surface area contributed by atoms with Gasteiger partial charge in [-0.25, -0.2) is 0 Å². The molecule has 0 aromatic heterocycles. The molecule has 0 saturated heterocycles. The Morgan fingerprint density at radius 3 is 2.43 bits per heavy atom. The van der Waals surface area contributed by atoms with Crippen LogP contribution in [0.4, 0.5) is 18.9 Å². The second-order valence-corrected chi connectivity index (χ2v) is 5.92. The van der Waals surface area contributed by atoms with Gasteiger partial charge in [0.1, 0.15) is 0 Å². The molecular weight excluding hydrogens is 319 g/mol. The fourth-order valence-electron chi connectivity index (χ4n) is 1.74. The van der Waals surface area contributed by atoms with Gasteiger partial charge in [-0.3, -0.25) is 0 Å². The number of halogens is 4. The Morgan fingerprint density at radius 1 is 1.05 bits per heavy atom. The molecule has 0 fully saturated rings. The van der Waals surface area contributed by atoms with E-state index in [0.29, 0.717) is 12.2 Å². The average molecular weight is 332 g/mol. The molecule has 0 atom stereocenters. The molecule has 0 aliphatic heterocycles. The van der Waals surface area contributed by atoms with Crippen molar-refractivity contribution in [3.05, 3.63) is 59.1 Å². The zero-order valence-corrected chi connectivity index (χ0v) is 12.5. The Morgan fingerprint density at radius 2 is 1.76 bits per heavy atom. The van der Waals surface area contributed by atoms with Crippen LogP contribution in [0.15, 0.2) is 53.4 Å². The number of rotatable bonds is 5. The number of alkyl halides is 3. The van der Waals surface area contributed by atoms with E-state index in [2.05, 4.69) is 5.32 Å². The number of thioether (sulfide) groups is 1. The minimum Gasteiger partial charge on any atom is -0.384 e. The van der Waals surface area contributed by atoms with Crippen LogP contribution >= 0.6 is 23.4 Å². The highest BCUT2D eigenvalue weighted by atomic mass is 35.5. The second-order valence-electron chi connectivity index (χ2n) is 4.31. The van der Waals surface area contributed by atoms with Gasteiger partial charge in [-0.2, -0.15) is 13.2 Å². The highest BCUT2D eigenvalue weighted by Crippen LogP contribution is 2.33. The van der Waals surface area contributed by atoms with E-state index in [0.717, 1.165) is 22.8 Å². The van der Waals surface area contributed by atoms with Gasteiger partial charge in [-0.05, 0) is 30.3 Å². The Hall–Kier alpha value is -1.33. The van der Waals surface area contributed by atoms with Crippen LogP contribution in [-0.2, 0) is 6.18 Å². The SMILES string of the molecule is FC(F)(F)c1cc(Cl)cc(NCCSc2ccccc2)c1. The lowest BCUT2D eigenvalue weighted by atomic mass is 10.2. The topological polar surface area (TPSA) is 12.0 Å². The minimum atomic E-state index is -4.39. The lowest BCUT2D eigenvalue weighted by Gasteiger charge is -2.11. The van der Waals surface area contributed by atoms with Crippen LogP contribution in [-0.4, -0.2) is 12.3 Å². The molecule has 2 aromatic carbocycles. The molecule has 0 saturated carbocycles. The van der Waals surface area contributed by atoms with Gasteiger partial charge in [-0.15, -0.1) is 11.8 Å². The lowest BCUT2D eigenvalue weighted by molar-refractivity contribution is -0.137. The van der Waals surface area contributed by atoms with Gasteiger partial charge >= 0.3 is 6.18 Å². The van der Waals surface area contributed by atoms with Crippen molar-refractivity contribution in [1.29, 1.82) is 0 Å². The molecule has 0 amide bonds. The van der Waals surface area contributed by atoms with Gasteiger partial charge < -0.3 is 5.32 Å². The monoisotopic (exact) mass is 331 g/mol. The predicted molar refractivity (Wildman–Crippen MR) is 82.1 cm³/mol. The summed E-state index contributed by atoms with van der Waals surface area (Å²) in [4.78, 5) is 1.13. The Bertz CT molecular complexity index is 587. The smallest absolute Gasteiger partial charge is 0.384 e. The molecule has 112 valence electrons. The average Bonchev–Trinajstić information content (AvgIpc) is 2.43. The maximum atomic E-state index is 12.7. The van der Waals surface area contributed by atoms with Crippen molar-refractivity contribution in [2.24, 2.45) is 0 Å². The second kappa shape index (κ2) is 7.09. The number of hydrogen-bond acceptors (Lipinski definition) is 2. The van der Waals surface area contributed by atoms with Gasteiger partial charge in [-0.1, -0.05) is 29.8 Å². The predicted octanol–water partition coefficient (Wildman–Crippen LogP) is 5.56. The van der Waals surface area contributed by atoms with Crippen molar-refractivity contribution in [1.82, 2.24) is 0 Å². The first-order valence-corrected chi connectivity index (χ1v) is 7.61. The molecule has 0 radical (unpaired) electrons. The number of hydrogen-bond donors (Lipinski definition) is 1.